The van der Waals surface area contributed by atoms with Crippen molar-refractivity contribution in [2.75, 3.05) is 24.5 Å². The molecule has 0 unspecified atom stereocenters. The van der Waals surface area contributed by atoms with Crippen LogP contribution in [-0.2, 0) is 7.05 Å². The van der Waals surface area contributed by atoms with Crippen LogP contribution in [0.5, 0.6) is 0 Å². The lowest BCUT2D eigenvalue weighted by atomic mass is 9.89. The molecular formula is C22H22FN5O. The van der Waals surface area contributed by atoms with E-state index in [-0.39, 0.29) is 29.6 Å². The van der Waals surface area contributed by atoms with E-state index in [0.717, 1.165) is 12.1 Å². The summed E-state index contributed by atoms with van der Waals surface area (Å²) in [6.45, 7) is 2.09. The van der Waals surface area contributed by atoms with E-state index in [1.807, 2.05) is 23.1 Å². The Bertz CT molecular complexity index is 1040. The molecule has 2 saturated heterocycles. The Balaban J connectivity index is 1.48. The highest BCUT2D eigenvalue weighted by atomic mass is 19.1. The Morgan fingerprint density at radius 2 is 1.90 bits per heavy atom. The number of amides is 1. The second-order valence-electron chi connectivity index (χ2n) is 7.81. The molecule has 7 heteroatoms. The lowest BCUT2D eigenvalue weighted by molar-refractivity contribution is 0.0704. The monoisotopic (exact) mass is 391 g/mol. The van der Waals surface area contributed by atoms with Gasteiger partial charge in [-0.15, -0.1) is 0 Å². The van der Waals surface area contributed by atoms with Gasteiger partial charge in [0.1, 0.15) is 5.69 Å². The summed E-state index contributed by atoms with van der Waals surface area (Å²) in [4.78, 5) is 21.3. The van der Waals surface area contributed by atoms with Gasteiger partial charge in [-0.2, -0.15) is 5.10 Å². The Morgan fingerprint density at radius 3 is 2.62 bits per heavy atom. The van der Waals surface area contributed by atoms with Gasteiger partial charge in [0.25, 0.3) is 5.91 Å². The minimum Gasteiger partial charge on any atom is -0.368 e. The van der Waals surface area contributed by atoms with Crippen molar-refractivity contribution in [1.82, 2.24) is 19.7 Å². The van der Waals surface area contributed by atoms with E-state index in [9.17, 15) is 9.18 Å². The Labute approximate surface area is 168 Å². The number of rotatable bonds is 3. The summed E-state index contributed by atoms with van der Waals surface area (Å²) in [6, 6.07) is 13.6. The predicted molar refractivity (Wildman–Crippen MR) is 107 cm³/mol. The van der Waals surface area contributed by atoms with Crippen molar-refractivity contribution in [1.29, 1.82) is 0 Å². The first kappa shape index (κ1) is 17.8. The van der Waals surface area contributed by atoms with Crippen molar-refractivity contribution in [3.63, 3.8) is 0 Å². The van der Waals surface area contributed by atoms with Crippen molar-refractivity contribution in [3.05, 3.63) is 78.1 Å². The smallest absolute Gasteiger partial charge is 0.272 e. The largest absolute Gasteiger partial charge is 0.368 e. The maximum atomic E-state index is 14.3. The number of nitrogens with zero attached hydrogens (tertiary/aromatic N) is 5. The standard InChI is InChI=1S/C22H22FN5O/c1-26-20(8-10-25-26)22(29)28-13-16-12-27(19-7-9-24-11-18(19)23)14-17(16)21(28)15-5-3-2-4-6-15/h2-11,16-17,21H,12-14H2,1H3/t16-,17-,21+/m0/s1. The fourth-order valence-electron chi connectivity index (χ4n) is 4.88. The molecule has 2 aliphatic heterocycles. The summed E-state index contributed by atoms with van der Waals surface area (Å²) < 4.78 is 15.9. The van der Waals surface area contributed by atoms with Gasteiger partial charge in [-0.25, -0.2) is 4.39 Å². The maximum Gasteiger partial charge on any atom is 0.272 e. The lowest BCUT2D eigenvalue weighted by Gasteiger charge is -2.30. The number of benzene rings is 1. The molecule has 2 aliphatic rings. The van der Waals surface area contributed by atoms with Crippen LogP contribution in [0.1, 0.15) is 22.1 Å². The van der Waals surface area contributed by atoms with Gasteiger partial charge in [-0.05, 0) is 17.7 Å². The normalized spacial score (nSPS) is 23.4. The van der Waals surface area contributed by atoms with Gasteiger partial charge in [-0.3, -0.25) is 14.5 Å². The minimum atomic E-state index is -0.299. The number of hydrogen-bond donors (Lipinski definition) is 0. The van der Waals surface area contributed by atoms with Crippen LogP contribution in [-0.4, -0.2) is 45.2 Å². The number of likely N-dealkylation sites (tertiary alicyclic amines) is 1. The lowest BCUT2D eigenvalue weighted by Crippen LogP contribution is -2.36. The van der Waals surface area contributed by atoms with Gasteiger partial charge in [0.15, 0.2) is 5.82 Å². The van der Waals surface area contributed by atoms with Crippen molar-refractivity contribution < 1.29 is 9.18 Å². The van der Waals surface area contributed by atoms with E-state index in [4.69, 9.17) is 0 Å². The number of anilines is 1. The van der Waals surface area contributed by atoms with Crippen molar-refractivity contribution in [2.24, 2.45) is 18.9 Å². The van der Waals surface area contributed by atoms with E-state index >= 15 is 0 Å². The number of carbonyl (C=O) groups is 1. The van der Waals surface area contributed by atoms with Crippen LogP contribution in [0.15, 0.2) is 61.1 Å². The molecule has 0 bridgehead atoms. The third-order valence-corrected chi connectivity index (χ3v) is 6.20. The van der Waals surface area contributed by atoms with Crippen LogP contribution in [0.2, 0.25) is 0 Å². The number of aryl methyl sites for hydroxylation is 1. The van der Waals surface area contributed by atoms with Crippen molar-refractivity contribution >= 4 is 11.6 Å². The van der Waals surface area contributed by atoms with Gasteiger partial charge in [0, 0.05) is 50.9 Å². The van der Waals surface area contributed by atoms with Gasteiger partial charge in [0.05, 0.1) is 17.9 Å². The highest BCUT2D eigenvalue weighted by Gasteiger charge is 2.49. The Kier molecular flexibility index (Phi) is 4.30. The number of halogens is 1. The molecule has 3 atom stereocenters. The van der Waals surface area contributed by atoms with E-state index in [1.165, 1.54) is 6.20 Å². The van der Waals surface area contributed by atoms with Crippen LogP contribution in [0, 0.1) is 17.7 Å². The fourth-order valence-corrected chi connectivity index (χ4v) is 4.88. The second-order valence-corrected chi connectivity index (χ2v) is 7.81. The quantitative estimate of drug-likeness (QED) is 0.689. The molecule has 1 amide bonds. The van der Waals surface area contributed by atoms with Gasteiger partial charge in [-0.1, -0.05) is 30.3 Å². The van der Waals surface area contributed by atoms with Crippen LogP contribution >= 0.6 is 0 Å². The van der Waals surface area contributed by atoms with Crippen LogP contribution < -0.4 is 4.90 Å². The molecule has 6 nitrogen and oxygen atoms in total. The summed E-state index contributed by atoms with van der Waals surface area (Å²) in [5, 5.41) is 4.15. The minimum absolute atomic E-state index is 0.00473. The fraction of sp³-hybridized carbons (Fsp3) is 0.318. The summed E-state index contributed by atoms with van der Waals surface area (Å²) >= 11 is 0. The zero-order valence-corrected chi connectivity index (χ0v) is 16.1. The molecule has 5 rings (SSSR count). The molecule has 0 radical (unpaired) electrons. The molecule has 3 aromatic rings. The third kappa shape index (κ3) is 2.97. The van der Waals surface area contributed by atoms with E-state index in [2.05, 4.69) is 27.1 Å². The van der Waals surface area contributed by atoms with Crippen LogP contribution in [0.3, 0.4) is 0 Å². The predicted octanol–water partition coefficient (Wildman–Crippen LogP) is 2.90. The molecule has 29 heavy (non-hydrogen) atoms. The van der Waals surface area contributed by atoms with Gasteiger partial charge < -0.3 is 9.80 Å². The number of hydrogen-bond acceptors (Lipinski definition) is 4. The first-order chi connectivity index (χ1) is 14.1. The van der Waals surface area contributed by atoms with E-state index in [1.54, 1.807) is 36.3 Å². The number of fused-ring (bicyclic) bond motifs is 1. The maximum absolute atomic E-state index is 14.3. The van der Waals surface area contributed by atoms with Gasteiger partial charge >= 0.3 is 0 Å². The Hall–Kier alpha value is -3.22. The third-order valence-electron chi connectivity index (χ3n) is 6.20. The molecular weight excluding hydrogens is 369 g/mol. The summed E-state index contributed by atoms with van der Waals surface area (Å²) in [5.41, 5.74) is 2.29. The second kappa shape index (κ2) is 6.99. The first-order valence-corrected chi connectivity index (χ1v) is 9.82. The number of aromatic nitrogens is 3. The van der Waals surface area contributed by atoms with Crippen molar-refractivity contribution in [2.45, 2.75) is 6.04 Å². The molecule has 0 spiro atoms. The summed E-state index contributed by atoms with van der Waals surface area (Å²) in [7, 11) is 1.79. The number of pyridine rings is 1. The SMILES string of the molecule is Cn1nccc1C(=O)N1C[C@@H]2CN(c3ccncc3F)C[C@@H]2[C@H]1c1ccccc1. The van der Waals surface area contributed by atoms with Crippen LogP contribution in [0.4, 0.5) is 10.1 Å². The van der Waals surface area contributed by atoms with Crippen LogP contribution in [0.25, 0.3) is 0 Å². The topological polar surface area (TPSA) is 54.3 Å². The highest BCUT2D eigenvalue weighted by Crippen LogP contribution is 2.46. The van der Waals surface area contributed by atoms with E-state index < -0.39 is 0 Å². The average Bonchev–Trinajstić information content (AvgIpc) is 3.42. The molecule has 2 aromatic heterocycles. The zero-order chi connectivity index (χ0) is 20.0. The summed E-state index contributed by atoms with van der Waals surface area (Å²) in [5.74, 6) is 0.216. The van der Waals surface area contributed by atoms with Gasteiger partial charge in [0.2, 0.25) is 0 Å². The summed E-state index contributed by atoms with van der Waals surface area (Å²) in [6.07, 6.45) is 4.53. The first-order valence-electron chi connectivity index (χ1n) is 9.82. The molecule has 1 aromatic carbocycles. The molecule has 4 heterocycles. The van der Waals surface area contributed by atoms with E-state index in [0.29, 0.717) is 24.5 Å². The molecule has 148 valence electrons. The molecule has 0 saturated carbocycles. The number of carbonyl (C=O) groups excluding carboxylic acids is 1. The van der Waals surface area contributed by atoms with Crippen molar-refractivity contribution in [3.8, 4) is 0 Å². The zero-order valence-electron chi connectivity index (χ0n) is 16.1. The average molecular weight is 391 g/mol. The molecule has 2 fully saturated rings. The molecule has 0 aliphatic carbocycles. The highest BCUT2D eigenvalue weighted by molar-refractivity contribution is 5.93. The Morgan fingerprint density at radius 1 is 1.07 bits per heavy atom. The molecule has 0 N–H and O–H groups in total.